The Morgan fingerprint density at radius 3 is 2.20 bits per heavy atom. The van der Waals surface area contributed by atoms with Gasteiger partial charge < -0.3 is 5.32 Å². The minimum Gasteiger partial charge on any atom is -0.305 e. The maximum Gasteiger partial charge on any atom is 0.0574 e. The highest BCUT2D eigenvalue weighted by Gasteiger charge is 2.13. The van der Waals surface area contributed by atoms with Crippen LogP contribution in [0.5, 0.6) is 0 Å². The standard InChI is InChI=1S/C17H16BrN.ClH/c1-2-12-19-13-17(14-6-4-3-5-7-14)15-8-10-16(18)11-9-15;/h1,3-11,17,19H,12-13H2;1H/t17-;/m0./s1. The third-order valence-corrected chi connectivity index (χ3v) is 3.58. The number of rotatable bonds is 5. The molecule has 2 aromatic rings. The molecule has 1 atom stereocenters. The molecule has 1 N–H and O–H groups in total. The zero-order valence-electron chi connectivity index (χ0n) is 11.1. The van der Waals surface area contributed by atoms with E-state index in [0.717, 1.165) is 11.0 Å². The predicted octanol–water partition coefficient (Wildman–Crippen LogP) is 4.23. The van der Waals surface area contributed by atoms with Crippen molar-refractivity contribution in [3.8, 4) is 12.3 Å². The number of hydrogen-bond acceptors (Lipinski definition) is 1. The van der Waals surface area contributed by atoms with Gasteiger partial charge in [-0.3, -0.25) is 0 Å². The summed E-state index contributed by atoms with van der Waals surface area (Å²) in [7, 11) is 0. The van der Waals surface area contributed by atoms with E-state index in [-0.39, 0.29) is 12.4 Å². The summed E-state index contributed by atoms with van der Waals surface area (Å²) in [5.74, 6) is 2.94. The van der Waals surface area contributed by atoms with Crippen molar-refractivity contribution in [2.75, 3.05) is 13.1 Å². The first-order valence-corrected chi connectivity index (χ1v) is 7.05. The zero-order chi connectivity index (χ0) is 13.5. The molecule has 0 heterocycles. The van der Waals surface area contributed by atoms with Crippen LogP contribution in [0.15, 0.2) is 59.1 Å². The monoisotopic (exact) mass is 349 g/mol. The lowest BCUT2D eigenvalue weighted by molar-refractivity contribution is 0.683. The molecule has 0 aliphatic heterocycles. The summed E-state index contributed by atoms with van der Waals surface area (Å²) in [6.45, 7) is 1.44. The summed E-state index contributed by atoms with van der Waals surface area (Å²) >= 11 is 3.47. The van der Waals surface area contributed by atoms with Gasteiger partial charge in [0, 0.05) is 16.9 Å². The van der Waals surface area contributed by atoms with Crippen molar-refractivity contribution in [3.63, 3.8) is 0 Å². The molecule has 1 nitrogen and oxygen atoms in total. The number of terminal acetylenes is 1. The Balaban J connectivity index is 0.00000200. The van der Waals surface area contributed by atoms with Gasteiger partial charge in [-0.05, 0) is 23.3 Å². The Bertz CT molecular complexity index is 545. The van der Waals surface area contributed by atoms with Gasteiger partial charge in [0.25, 0.3) is 0 Å². The first-order chi connectivity index (χ1) is 9.31. The summed E-state index contributed by atoms with van der Waals surface area (Å²) in [6, 6.07) is 19.0. The molecule has 0 spiro atoms. The van der Waals surface area contributed by atoms with E-state index in [1.54, 1.807) is 0 Å². The van der Waals surface area contributed by atoms with Gasteiger partial charge in [-0.1, -0.05) is 64.3 Å². The van der Waals surface area contributed by atoms with Crippen molar-refractivity contribution in [1.82, 2.24) is 5.32 Å². The number of nitrogens with one attached hydrogen (secondary N) is 1. The normalized spacial score (nSPS) is 11.2. The zero-order valence-corrected chi connectivity index (χ0v) is 13.5. The molecule has 0 bridgehead atoms. The van der Waals surface area contributed by atoms with Crippen molar-refractivity contribution < 1.29 is 0 Å². The maximum absolute atomic E-state index is 5.29. The molecule has 0 amide bonds. The summed E-state index contributed by atoms with van der Waals surface area (Å²) < 4.78 is 1.10. The van der Waals surface area contributed by atoms with Crippen LogP contribution in [-0.2, 0) is 0 Å². The van der Waals surface area contributed by atoms with E-state index < -0.39 is 0 Å². The van der Waals surface area contributed by atoms with Gasteiger partial charge in [-0.15, -0.1) is 18.8 Å². The van der Waals surface area contributed by atoms with Crippen LogP contribution in [0.3, 0.4) is 0 Å². The van der Waals surface area contributed by atoms with Crippen LogP contribution in [0.1, 0.15) is 17.0 Å². The molecule has 2 rings (SSSR count). The van der Waals surface area contributed by atoms with E-state index in [1.165, 1.54) is 11.1 Å². The predicted molar refractivity (Wildman–Crippen MR) is 91.4 cm³/mol. The molecule has 104 valence electrons. The minimum absolute atomic E-state index is 0. The quantitative estimate of drug-likeness (QED) is 0.629. The Hall–Kier alpha value is -1.27. The van der Waals surface area contributed by atoms with Gasteiger partial charge in [-0.25, -0.2) is 0 Å². The van der Waals surface area contributed by atoms with Gasteiger partial charge in [0.1, 0.15) is 0 Å². The fourth-order valence-corrected chi connectivity index (χ4v) is 2.36. The van der Waals surface area contributed by atoms with E-state index in [2.05, 4.69) is 75.7 Å². The van der Waals surface area contributed by atoms with Crippen molar-refractivity contribution in [2.24, 2.45) is 0 Å². The molecular weight excluding hydrogens is 334 g/mol. The highest BCUT2D eigenvalue weighted by atomic mass is 79.9. The lowest BCUT2D eigenvalue weighted by Gasteiger charge is -2.18. The fraction of sp³-hybridized carbons (Fsp3) is 0.176. The van der Waals surface area contributed by atoms with Crippen LogP contribution >= 0.6 is 28.3 Å². The Morgan fingerprint density at radius 2 is 1.60 bits per heavy atom. The average molecular weight is 351 g/mol. The minimum atomic E-state index is 0. The van der Waals surface area contributed by atoms with Crippen molar-refractivity contribution >= 4 is 28.3 Å². The van der Waals surface area contributed by atoms with E-state index >= 15 is 0 Å². The van der Waals surface area contributed by atoms with Crippen molar-refractivity contribution in [3.05, 3.63) is 70.2 Å². The SMILES string of the molecule is C#CCNC[C@@H](c1ccccc1)c1ccc(Br)cc1.Cl. The first-order valence-electron chi connectivity index (χ1n) is 6.26. The Morgan fingerprint density at radius 1 is 1.00 bits per heavy atom. The Kier molecular flexibility index (Phi) is 7.40. The molecule has 0 saturated carbocycles. The smallest absolute Gasteiger partial charge is 0.0574 e. The third-order valence-electron chi connectivity index (χ3n) is 3.05. The van der Waals surface area contributed by atoms with Gasteiger partial charge in [-0.2, -0.15) is 0 Å². The maximum atomic E-state index is 5.29. The third kappa shape index (κ3) is 4.68. The van der Waals surface area contributed by atoms with Crippen LogP contribution < -0.4 is 5.32 Å². The number of benzene rings is 2. The molecule has 0 fully saturated rings. The van der Waals surface area contributed by atoms with Crippen LogP contribution in [0.4, 0.5) is 0 Å². The summed E-state index contributed by atoms with van der Waals surface area (Å²) in [6.07, 6.45) is 5.29. The number of hydrogen-bond donors (Lipinski definition) is 1. The molecule has 0 saturated heterocycles. The second-order valence-electron chi connectivity index (χ2n) is 4.35. The first kappa shape index (κ1) is 16.8. The van der Waals surface area contributed by atoms with Crippen molar-refractivity contribution in [2.45, 2.75) is 5.92 Å². The molecular formula is C17H17BrClN. The average Bonchev–Trinajstić information content (AvgIpc) is 2.46. The highest BCUT2D eigenvalue weighted by Crippen LogP contribution is 2.25. The lowest BCUT2D eigenvalue weighted by Crippen LogP contribution is -2.22. The summed E-state index contributed by atoms with van der Waals surface area (Å²) in [5, 5.41) is 3.30. The second kappa shape index (κ2) is 8.81. The van der Waals surface area contributed by atoms with E-state index in [1.807, 2.05) is 6.07 Å². The molecule has 0 aromatic heterocycles. The van der Waals surface area contributed by atoms with E-state index in [9.17, 15) is 0 Å². The van der Waals surface area contributed by atoms with Crippen LogP contribution in [-0.4, -0.2) is 13.1 Å². The second-order valence-corrected chi connectivity index (χ2v) is 5.27. The highest BCUT2D eigenvalue weighted by molar-refractivity contribution is 9.10. The van der Waals surface area contributed by atoms with Crippen LogP contribution in [0.25, 0.3) is 0 Å². The van der Waals surface area contributed by atoms with Crippen LogP contribution in [0.2, 0.25) is 0 Å². The van der Waals surface area contributed by atoms with Gasteiger partial charge in [0.2, 0.25) is 0 Å². The largest absolute Gasteiger partial charge is 0.305 e. The Labute approximate surface area is 135 Å². The van der Waals surface area contributed by atoms with Crippen LogP contribution in [0, 0.1) is 12.3 Å². The molecule has 0 radical (unpaired) electrons. The van der Waals surface area contributed by atoms with Gasteiger partial charge >= 0.3 is 0 Å². The van der Waals surface area contributed by atoms with E-state index in [0.29, 0.717) is 12.5 Å². The van der Waals surface area contributed by atoms with Gasteiger partial charge in [0.05, 0.1) is 6.54 Å². The molecule has 3 heteroatoms. The van der Waals surface area contributed by atoms with E-state index in [4.69, 9.17) is 6.42 Å². The lowest BCUT2D eigenvalue weighted by atomic mass is 9.91. The molecule has 0 aliphatic rings. The summed E-state index contributed by atoms with van der Waals surface area (Å²) in [4.78, 5) is 0. The molecule has 20 heavy (non-hydrogen) atoms. The van der Waals surface area contributed by atoms with Crippen molar-refractivity contribution in [1.29, 1.82) is 0 Å². The topological polar surface area (TPSA) is 12.0 Å². The van der Waals surface area contributed by atoms with Gasteiger partial charge in [0.15, 0.2) is 0 Å². The number of halogens is 2. The molecule has 0 aliphatic carbocycles. The summed E-state index contributed by atoms with van der Waals surface area (Å²) in [5.41, 5.74) is 2.59. The fourth-order valence-electron chi connectivity index (χ4n) is 2.10. The molecule has 0 unspecified atom stereocenters. The molecule has 2 aromatic carbocycles.